The number of rotatable bonds is 8. The minimum Gasteiger partial charge on any atom is -0.348 e. The summed E-state index contributed by atoms with van der Waals surface area (Å²) in [5, 5.41) is 2.27. The van der Waals surface area contributed by atoms with Crippen molar-refractivity contribution in [1.82, 2.24) is 5.32 Å². The number of amides is 1. The van der Waals surface area contributed by atoms with E-state index in [2.05, 4.69) is 5.32 Å². The highest BCUT2D eigenvalue weighted by Gasteiger charge is 2.33. The molecule has 4 rings (SSSR count). The normalized spacial score (nSPS) is 12.2. The summed E-state index contributed by atoms with van der Waals surface area (Å²) >= 11 is 6.16. The first-order valence-electron chi connectivity index (χ1n) is 12.1. The Morgan fingerprint density at radius 3 is 1.98 bits per heavy atom. The van der Waals surface area contributed by atoms with Crippen molar-refractivity contribution in [1.29, 1.82) is 0 Å². The van der Waals surface area contributed by atoms with E-state index < -0.39 is 44.3 Å². The lowest BCUT2D eigenvalue weighted by atomic mass is 10.1. The van der Waals surface area contributed by atoms with Crippen LogP contribution in [-0.4, -0.2) is 14.3 Å². The quantitative estimate of drug-likeness (QED) is 0.204. The van der Waals surface area contributed by atoms with Gasteiger partial charge in [-0.25, -0.2) is 8.42 Å². The van der Waals surface area contributed by atoms with Gasteiger partial charge in [0.15, 0.2) is 0 Å². The van der Waals surface area contributed by atoms with Crippen LogP contribution in [0.2, 0.25) is 5.02 Å². The number of halogens is 7. The van der Waals surface area contributed by atoms with E-state index in [4.69, 9.17) is 11.6 Å². The second-order valence-corrected chi connectivity index (χ2v) is 11.3. The molecule has 220 valence electrons. The van der Waals surface area contributed by atoms with Crippen LogP contribution in [0.25, 0.3) is 0 Å². The highest BCUT2D eigenvalue weighted by Crippen LogP contribution is 2.35. The maximum atomic E-state index is 13.9. The van der Waals surface area contributed by atoms with Gasteiger partial charge in [0, 0.05) is 6.54 Å². The molecular formula is C29H21ClF6N2O3S. The molecule has 0 saturated carbocycles. The van der Waals surface area contributed by atoms with Crippen molar-refractivity contribution in [3.63, 3.8) is 0 Å². The van der Waals surface area contributed by atoms with E-state index in [0.717, 1.165) is 46.8 Å². The first-order valence-corrected chi connectivity index (χ1v) is 14.0. The minimum absolute atomic E-state index is 0.136. The van der Waals surface area contributed by atoms with E-state index in [-0.39, 0.29) is 34.9 Å². The Labute approximate surface area is 242 Å². The van der Waals surface area contributed by atoms with Gasteiger partial charge in [-0.3, -0.25) is 9.10 Å². The highest BCUT2D eigenvalue weighted by molar-refractivity contribution is 7.92. The lowest BCUT2D eigenvalue weighted by Crippen LogP contribution is -2.31. The second kappa shape index (κ2) is 12.1. The molecule has 0 aliphatic heterocycles. The predicted octanol–water partition coefficient (Wildman–Crippen LogP) is 7.70. The van der Waals surface area contributed by atoms with Crippen LogP contribution in [0.5, 0.6) is 0 Å². The molecule has 4 aromatic carbocycles. The highest BCUT2D eigenvalue weighted by atomic mass is 35.5. The summed E-state index contributed by atoms with van der Waals surface area (Å²) in [5.74, 6) is -0.872. The average Bonchev–Trinajstić information content (AvgIpc) is 2.94. The molecule has 1 amide bonds. The molecule has 0 spiro atoms. The van der Waals surface area contributed by atoms with Crippen molar-refractivity contribution in [2.24, 2.45) is 0 Å². The van der Waals surface area contributed by atoms with Gasteiger partial charge in [-0.1, -0.05) is 60.1 Å². The van der Waals surface area contributed by atoms with Gasteiger partial charge < -0.3 is 5.32 Å². The lowest BCUT2D eigenvalue weighted by Gasteiger charge is -2.26. The first-order chi connectivity index (χ1) is 19.7. The smallest absolute Gasteiger partial charge is 0.348 e. The molecule has 4 aromatic rings. The van der Waals surface area contributed by atoms with Crippen molar-refractivity contribution in [2.75, 3.05) is 4.31 Å². The van der Waals surface area contributed by atoms with Gasteiger partial charge in [0.25, 0.3) is 15.9 Å². The van der Waals surface area contributed by atoms with Crippen LogP contribution >= 0.6 is 11.6 Å². The summed E-state index contributed by atoms with van der Waals surface area (Å²) < 4.78 is 108. The Balaban J connectivity index is 1.68. The number of anilines is 1. The van der Waals surface area contributed by atoms with Gasteiger partial charge >= 0.3 is 12.4 Å². The van der Waals surface area contributed by atoms with Crippen molar-refractivity contribution >= 4 is 33.2 Å². The summed E-state index contributed by atoms with van der Waals surface area (Å²) in [6.07, 6.45) is -9.32. The van der Waals surface area contributed by atoms with Gasteiger partial charge in [-0.2, -0.15) is 26.3 Å². The summed E-state index contributed by atoms with van der Waals surface area (Å²) in [5.41, 5.74) is -1.91. The number of carbonyl (C=O) groups excluding carboxylic acids is 1. The average molecular weight is 627 g/mol. The number of hydrogen-bond donors (Lipinski definition) is 1. The maximum Gasteiger partial charge on any atom is 0.416 e. The number of hydrogen-bond acceptors (Lipinski definition) is 3. The van der Waals surface area contributed by atoms with Crippen LogP contribution in [0.4, 0.5) is 32.0 Å². The number of carbonyl (C=O) groups is 1. The van der Waals surface area contributed by atoms with E-state index in [1.807, 2.05) is 0 Å². The van der Waals surface area contributed by atoms with E-state index in [9.17, 15) is 39.6 Å². The summed E-state index contributed by atoms with van der Waals surface area (Å²) in [6.45, 7) is -0.648. The van der Waals surface area contributed by atoms with Crippen LogP contribution in [0.15, 0.2) is 102 Å². The molecule has 0 heterocycles. The van der Waals surface area contributed by atoms with Crippen LogP contribution in [0, 0.1) is 0 Å². The zero-order chi connectivity index (χ0) is 30.7. The first kappa shape index (κ1) is 30.9. The third-order valence-electron chi connectivity index (χ3n) is 6.11. The third-order valence-corrected chi connectivity index (χ3v) is 8.21. The monoisotopic (exact) mass is 626 g/mol. The molecule has 0 bridgehead atoms. The van der Waals surface area contributed by atoms with Crippen LogP contribution in [0.1, 0.15) is 32.6 Å². The molecule has 1 N–H and O–H groups in total. The number of nitrogens with one attached hydrogen (secondary N) is 1. The molecular weight excluding hydrogens is 606 g/mol. The molecule has 0 aliphatic carbocycles. The van der Waals surface area contributed by atoms with Crippen LogP contribution in [-0.2, 0) is 35.5 Å². The zero-order valence-electron chi connectivity index (χ0n) is 21.4. The Bertz CT molecular complexity index is 1690. The largest absolute Gasteiger partial charge is 0.416 e. The van der Waals surface area contributed by atoms with Crippen molar-refractivity contribution in [3.05, 3.63) is 130 Å². The Morgan fingerprint density at radius 1 is 0.738 bits per heavy atom. The number of alkyl halides is 6. The number of sulfonamides is 1. The molecule has 0 radical (unpaired) electrons. The van der Waals surface area contributed by atoms with Crippen molar-refractivity contribution in [3.8, 4) is 0 Å². The molecule has 42 heavy (non-hydrogen) atoms. The summed E-state index contributed by atoms with van der Waals surface area (Å²) in [4.78, 5) is 12.5. The van der Waals surface area contributed by atoms with E-state index >= 15 is 0 Å². The molecule has 13 heteroatoms. The molecule has 0 unspecified atom stereocenters. The van der Waals surface area contributed by atoms with E-state index in [1.165, 1.54) is 18.2 Å². The lowest BCUT2D eigenvalue weighted by molar-refractivity contribution is -0.138. The molecule has 5 nitrogen and oxygen atoms in total. The fraction of sp³-hybridized carbons (Fsp3) is 0.138. The standard InChI is InChI=1S/C29H21ClF6N2O3S/c30-26-13-12-24(16-25(26)27(39)37-17-20-8-4-9-21(14-20)28(31,32)33)42(40,41)38(18-19-6-2-1-3-7-19)23-11-5-10-22(15-23)29(34,35)36/h1-16H,17-18H2,(H,37,39). The number of benzene rings is 4. The maximum absolute atomic E-state index is 13.9. The van der Waals surface area contributed by atoms with Gasteiger partial charge in [0.05, 0.1) is 38.8 Å². The Kier molecular flexibility index (Phi) is 8.88. The molecule has 0 aliphatic rings. The van der Waals surface area contributed by atoms with Crippen molar-refractivity contribution in [2.45, 2.75) is 30.3 Å². The van der Waals surface area contributed by atoms with Gasteiger partial charge in [0.1, 0.15) is 0 Å². The molecule has 0 atom stereocenters. The summed E-state index contributed by atoms with van der Waals surface area (Å²) in [7, 11) is -4.57. The van der Waals surface area contributed by atoms with Gasteiger partial charge in [-0.05, 0) is 59.7 Å². The Morgan fingerprint density at radius 2 is 1.33 bits per heavy atom. The fourth-order valence-electron chi connectivity index (χ4n) is 4.00. The predicted molar refractivity (Wildman–Crippen MR) is 145 cm³/mol. The van der Waals surface area contributed by atoms with E-state index in [0.29, 0.717) is 11.6 Å². The fourth-order valence-corrected chi connectivity index (χ4v) is 5.68. The summed E-state index contributed by atoms with van der Waals surface area (Å²) in [6, 6.07) is 19.5. The third kappa shape index (κ3) is 7.24. The zero-order valence-corrected chi connectivity index (χ0v) is 23.0. The van der Waals surface area contributed by atoms with E-state index in [1.54, 1.807) is 30.3 Å². The van der Waals surface area contributed by atoms with Crippen molar-refractivity contribution < 1.29 is 39.6 Å². The Hall–Kier alpha value is -4.03. The second-order valence-electron chi connectivity index (χ2n) is 9.07. The van der Waals surface area contributed by atoms with Gasteiger partial charge in [0.2, 0.25) is 0 Å². The van der Waals surface area contributed by atoms with Crippen LogP contribution < -0.4 is 9.62 Å². The number of nitrogens with zero attached hydrogens (tertiary/aromatic N) is 1. The minimum atomic E-state index is -4.73. The SMILES string of the molecule is O=C(NCc1cccc(C(F)(F)F)c1)c1cc(S(=O)(=O)N(Cc2ccccc2)c2cccc(C(F)(F)F)c2)ccc1Cl. The molecule has 0 saturated heterocycles. The van der Waals surface area contributed by atoms with Gasteiger partial charge in [-0.15, -0.1) is 0 Å². The molecule has 0 fully saturated rings. The van der Waals surface area contributed by atoms with Crippen LogP contribution in [0.3, 0.4) is 0 Å². The topological polar surface area (TPSA) is 66.5 Å². The molecule has 0 aromatic heterocycles.